The van der Waals surface area contributed by atoms with Gasteiger partial charge < -0.3 is 4.74 Å². The van der Waals surface area contributed by atoms with Gasteiger partial charge in [-0.15, -0.1) is 0 Å². The molecule has 0 radical (unpaired) electrons. The van der Waals surface area contributed by atoms with Gasteiger partial charge >= 0.3 is 50.9 Å². The topological polar surface area (TPSA) is 80.7 Å². The summed E-state index contributed by atoms with van der Waals surface area (Å²) >= 11 is 0. The first-order valence-electron chi connectivity index (χ1n) is 2.16. The molecule has 0 spiro atoms. The van der Waals surface area contributed by atoms with Gasteiger partial charge in [0.2, 0.25) is 0 Å². The van der Waals surface area contributed by atoms with Crippen LogP contribution < -0.4 is 0 Å². The molecule has 1 N–H and O–H groups in total. The monoisotopic (exact) mass is 214 g/mol. The van der Waals surface area contributed by atoms with Gasteiger partial charge in [-0.25, -0.2) is 4.79 Å². The molecule has 12 heavy (non-hydrogen) atoms. The number of ether oxygens (including phenoxy) is 1. The Balaban J connectivity index is 0. The van der Waals surface area contributed by atoms with Gasteiger partial charge in [0.05, 0.1) is 7.11 Å². The van der Waals surface area contributed by atoms with Crippen LogP contribution in [0.15, 0.2) is 0 Å². The standard InChI is InChI=1S/C3H4F2O5S.Na.H/c1-10-2(6)3(4,5)11(7,8)9;;/h1H3,(H,7,8,9);;. The van der Waals surface area contributed by atoms with E-state index in [0.717, 1.165) is 0 Å². The molecule has 0 aliphatic heterocycles. The average Bonchev–Trinajstić information content (AvgIpc) is 1.83. The second-order valence-electron chi connectivity index (χ2n) is 1.48. The predicted octanol–water partition coefficient (Wildman–Crippen LogP) is -1.01. The van der Waals surface area contributed by atoms with Crippen molar-refractivity contribution in [1.29, 1.82) is 0 Å². The Labute approximate surface area is 89.1 Å². The van der Waals surface area contributed by atoms with E-state index in [1.54, 1.807) is 0 Å². The number of esters is 1. The number of rotatable bonds is 2. The summed E-state index contributed by atoms with van der Waals surface area (Å²) in [4.78, 5) is 9.97. The van der Waals surface area contributed by atoms with Crippen LogP contribution in [0.3, 0.4) is 0 Å². The Morgan fingerprint density at radius 3 is 1.92 bits per heavy atom. The van der Waals surface area contributed by atoms with Gasteiger partial charge in [0.25, 0.3) is 0 Å². The number of carbonyl (C=O) groups excluding carboxylic acids is 1. The molecule has 0 fully saturated rings. The molecule has 0 aliphatic carbocycles. The molecule has 68 valence electrons. The maximum atomic E-state index is 12.0. The van der Waals surface area contributed by atoms with Gasteiger partial charge in [0.15, 0.2) is 0 Å². The predicted molar refractivity (Wildman–Crippen MR) is 35.7 cm³/mol. The zero-order valence-electron chi connectivity index (χ0n) is 5.24. The molecule has 0 aromatic rings. The third-order valence-electron chi connectivity index (χ3n) is 0.747. The zero-order chi connectivity index (χ0) is 9.28. The molecule has 0 atom stereocenters. The number of carbonyl (C=O) groups is 1. The summed E-state index contributed by atoms with van der Waals surface area (Å²) in [6, 6.07) is 0. The van der Waals surface area contributed by atoms with Crippen molar-refractivity contribution in [1.82, 2.24) is 0 Å². The Bertz CT molecular complexity index is 260. The van der Waals surface area contributed by atoms with Crippen molar-refractivity contribution >= 4 is 45.6 Å². The van der Waals surface area contributed by atoms with Crippen LogP contribution in [0.25, 0.3) is 0 Å². The van der Waals surface area contributed by atoms with Crippen LogP contribution >= 0.6 is 0 Å². The van der Waals surface area contributed by atoms with Gasteiger partial charge in [0.1, 0.15) is 0 Å². The zero-order valence-corrected chi connectivity index (χ0v) is 6.06. The maximum absolute atomic E-state index is 12.0. The molecule has 0 amide bonds. The number of hydrogen-bond acceptors (Lipinski definition) is 4. The van der Waals surface area contributed by atoms with Crippen LogP contribution in [0.5, 0.6) is 0 Å². The van der Waals surface area contributed by atoms with Crippen LogP contribution in [0.4, 0.5) is 8.78 Å². The van der Waals surface area contributed by atoms with Gasteiger partial charge in [-0.05, 0) is 0 Å². The summed E-state index contributed by atoms with van der Waals surface area (Å²) in [5.74, 6) is -2.32. The molecule has 0 aromatic heterocycles. The molecule has 0 aliphatic rings. The molecular weight excluding hydrogens is 209 g/mol. The van der Waals surface area contributed by atoms with E-state index in [0.29, 0.717) is 7.11 Å². The van der Waals surface area contributed by atoms with Crippen LogP contribution in [0.1, 0.15) is 0 Å². The van der Waals surface area contributed by atoms with Crippen molar-refractivity contribution in [3.8, 4) is 0 Å². The van der Waals surface area contributed by atoms with Crippen LogP contribution in [-0.4, -0.2) is 60.9 Å². The van der Waals surface area contributed by atoms with Crippen molar-refractivity contribution in [2.45, 2.75) is 5.25 Å². The minimum absolute atomic E-state index is 0. The second-order valence-corrected chi connectivity index (χ2v) is 2.95. The number of hydrogen-bond donors (Lipinski definition) is 1. The first kappa shape index (κ1) is 14.7. The van der Waals surface area contributed by atoms with E-state index in [-0.39, 0.29) is 29.6 Å². The Morgan fingerprint density at radius 2 is 1.83 bits per heavy atom. The van der Waals surface area contributed by atoms with Gasteiger partial charge in [0, 0.05) is 0 Å². The molecule has 0 saturated carbocycles. The van der Waals surface area contributed by atoms with Gasteiger partial charge in [-0.1, -0.05) is 0 Å². The first-order valence-corrected chi connectivity index (χ1v) is 3.60. The van der Waals surface area contributed by atoms with Crippen LogP contribution in [0.2, 0.25) is 0 Å². The van der Waals surface area contributed by atoms with E-state index in [4.69, 9.17) is 4.55 Å². The van der Waals surface area contributed by atoms with Crippen molar-refractivity contribution < 1.29 is 31.3 Å². The van der Waals surface area contributed by atoms with Crippen molar-refractivity contribution in [3.63, 3.8) is 0 Å². The van der Waals surface area contributed by atoms with Gasteiger partial charge in [-0.2, -0.15) is 17.2 Å². The first-order chi connectivity index (χ1) is 4.73. The summed E-state index contributed by atoms with van der Waals surface area (Å²) in [5.41, 5.74) is 0. The second kappa shape index (κ2) is 4.47. The van der Waals surface area contributed by atoms with Crippen molar-refractivity contribution in [2.24, 2.45) is 0 Å². The summed E-state index contributed by atoms with van der Waals surface area (Å²) in [5, 5.41) is -4.89. The SMILES string of the molecule is COC(=O)C(F)(F)S(=O)(=O)O.[NaH]. The van der Waals surface area contributed by atoms with E-state index in [1.165, 1.54) is 0 Å². The van der Waals surface area contributed by atoms with E-state index in [9.17, 15) is 22.0 Å². The summed E-state index contributed by atoms with van der Waals surface area (Å²) < 4.78 is 54.7. The molecular formula is C3H5F2NaO5S. The quantitative estimate of drug-likeness (QED) is 0.362. The average molecular weight is 214 g/mol. The van der Waals surface area contributed by atoms with E-state index >= 15 is 0 Å². The van der Waals surface area contributed by atoms with Crippen LogP contribution in [-0.2, 0) is 19.6 Å². The third kappa shape index (κ3) is 2.94. The number of halogens is 2. The van der Waals surface area contributed by atoms with Crippen LogP contribution in [0, 0.1) is 0 Å². The molecule has 5 nitrogen and oxygen atoms in total. The van der Waals surface area contributed by atoms with Crippen molar-refractivity contribution in [3.05, 3.63) is 0 Å². The van der Waals surface area contributed by atoms with E-state index in [2.05, 4.69) is 4.74 Å². The molecule has 0 rings (SSSR count). The Morgan fingerprint density at radius 1 is 1.50 bits per heavy atom. The van der Waals surface area contributed by atoms with E-state index < -0.39 is 21.3 Å². The normalized spacial score (nSPS) is 11.7. The fourth-order valence-electron chi connectivity index (χ4n) is 0.224. The van der Waals surface area contributed by atoms with Crippen molar-refractivity contribution in [2.75, 3.05) is 7.11 Å². The fourth-order valence-corrected chi connectivity index (χ4v) is 0.518. The molecule has 0 saturated heterocycles. The molecule has 9 heteroatoms. The Kier molecular flexibility index (Phi) is 5.49. The molecule has 0 heterocycles. The van der Waals surface area contributed by atoms with Gasteiger partial charge in [-0.3, -0.25) is 4.55 Å². The Hall–Kier alpha value is 0.240. The molecule has 0 unspecified atom stereocenters. The molecule has 0 bridgehead atoms. The third-order valence-corrected chi connectivity index (χ3v) is 1.56. The minimum atomic E-state index is -5.72. The summed E-state index contributed by atoms with van der Waals surface area (Å²) in [6.07, 6.45) is 0. The fraction of sp³-hybridized carbons (Fsp3) is 0.667. The summed E-state index contributed by atoms with van der Waals surface area (Å²) in [6.45, 7) is 0. The number of alkyl halides is 2. The summed E-state index contributed by atoms with van der Waals surface area (Å²) in [7, 11) is -5.15. The number of methoxy groups -OCH3 is 1. The van der Waals surface area contributed by atoms with E-state index in [1.807, 2.05) is 0 Å². The molecule has 0 aromatic carbocycles.